The highest BCUT2D eigenvalue weighted by Crippen LogP contribution is 2.29. The molecule has 1 aromatic rings. The first-order valence-corrected chi connectivity index (χ1v) is 7.26. The molecule has 1 heterocycles. The number of halogens is 1. The summed E-state index contributed by atoms with van der Waals surface area (Å²) >= 11 is 3.50. The van der Waals surface area contributed by atoms with E-state index in [4.69, 9.17) is 9.47 Å². The van der Waals surface area contributed by atoms with Gasteiger partial charge in [-0.25, -0.2) is 0 Å². The summed E-state index contributed by atoms with van der Waals surface area (Å²) in [7, 11) is 1.62. The summed E-state index contributed by atoms with van der Waals surface area (Å²) in [4.78, 5) is 2.38. The van der Waals surface area contributed by atoms with Gasteiger partial charge in [0.05, 0.1) is 0 Å². The van der Waals surface area contributed by atoms with Gasteiger partial charge in [0, 0.05) is 36.4 Å². The summed E-state index contributed by atoms with van der Waals surface area (Å²) in [6.07, 6.45) is 2.56. The number of rotatable bonds is 4. The summed E-state index contributed by atoms with van der Waals surface area (Å²) in [5, 5.41) is 0. The van der Waals surface area contributed by atoms with E-state index < -0.39 is 0 Å². The van der Waals surface area contributed by atoms with Crippen LogP contribution in [0.2, 0.25) is 0 Å². The molecule has 0 bridgehead atoms. The van der Waals surface area contributed by atoms with Crippen molar-refractivity contribution in [2.75, 3.05) is 31.9 Å². The highest BCUT2D eigenvalue weighted by Gasteiger charge is 2.13. The molecule has 0 aromatic heterocycles. The maximum absolute atomic E-state index is 5.46. The first kappa shape index (κ1) is 15.3. The number of anilines is 1. The van der Waals surface area contributed by atoms with Crippen LogP contribution in [-0.2, 0) is 4.74 Å². The first-order chi connectivity index (χ1) is 8.79. The van der Waals surface area contributed by atoms with Crippen LogP contribution in [-0.4, -0.2) is 27.0 Å². The Balaban J connectivity index is 0.000000771. The summed E-state index contributed by atoms with van der Waals surface area (Å²) in [5.41, 5.74) is 1.22. The third-order valence-electron chi connectivity index (χ3n) is 2.67. The van der Waals surface area contributed by atoms with Crippen LogP contribution in [0.3, 0.4) is 0 Å². The molecular weight excluding hydrogens is 294 g/mol. The molecule has 1 fully saturated rings. The zero-order valence-corrected chi connectivity index (χ0v) is 13.0. The molecule has 0 aliphatic carbocycles. The van der Waals surface area contributed by atoms with Gasteiger partial charge in [-0.15, -0.1) is 0 Å². The van der Waals surface area contributed by atoms with Crippen LogP contribution in [0.1, 0.15) is 26.7 Å². The Morgan fingerprint density at radius 3 is 2.44 bits per heavy atom. The van der Waals surface area contributed by atoms with E-state index in [2.05, 4.69) is 33.0 Å². The third-order valence-corrected chi connectivity index (χ3v) is 3.13. The lowest BCUT2D eigenvalue weighted by Gasteiger charge is -2.19. The Morgan fingerprint density at radius 1 is 1.17 bits per heavy atom. The van der Waals surface area contributed by atoms with Gasteiger partial charge in [-0.1, -0.05) is 29.8 Å². The second-order valence-corrected chi connectivity index (χ2v) is 4.81. The van der Waals surface area contributed by atoms with Crippen LogP contribution in [0.4, 0.5) is 5.69 Å². The molecule has 2 rings (SSSR count). The molecule has 0 N–H and O–H groups in total. The summed E-state index contributed by atoms with van der Waals surface area (Å²) < 4.78 is 11.4. The number of ether oxygens (including phenoxy) is 2. The van der Waals surface area contributed by atoms with Gasteiger partial charge in [-0.3, -0.25) is 0 Å². The zero-order chi connectivity index (χ0) is 13.4. The van der Waals surface area contributed by atoms with Crippen molar-refractivity contribution >= 4 is 21.6 Å². The highest BCUT2D eigenvalue weighted by atomic mass is 79.9. The van der Waals surface area contributed by atoms with E-state index in [1.54, 1.807) is 7.11 Å². The lowest BCUT2D eigenvalue weighted by atomic mass is 10.3. The minimum Gasteiger partial charge on any atom is -0.467 e. The molecule has 1 aliphatic heterocycles. The maximum Gasteiger partial charge on any atom is 0.188 e. The fraction of sp³-hybridized carbons (Fsp3) is 0.571. The minimum atomic E-state index is 0.288. The Morgan fingerprint density at radius 2 is 1.83 bits per heavy atom. The molecule has 0 spiro atoms. The van der Waals surface area contributed by atoms with Gasteiger partial charge in [0.15, 0.2) is 6.79 Å². The Hall–Kier alpha value is -0.740. The van der Waals surface area contributed by atoms with E-state index in [0.717, 1.165) is 23.3 Å². The van der Waals surface area contributed by atoms with Crippen LogP contribution < -0.4 is 9.64 Å². The average molecular weight is 316 g/mol. The predicted octanol–water partition coefficient (Wildman–Crippen LogP) is 4.06. The Kier molecular flexibility index (Phi) is 7.13. The molecule has 0 amide bonds. The molecule has 18 heavy (non-hydrogen) atoms. The van der Waals surface area contributed by atoms with Crippen molar-refractivity contribution in [2.24, 2.45) is 0 Å². The monoisotopic (exact) mass is 315 g/mol. The zero-order valence-electron chi connectivity index (χ0n) is 11.4. The second kappa shape index (κ2) is 8.38. The number of benzene rings is 1. The topological polar surface area (TPSA) is 21.7 Å². The molecule has 1 aromatic carbocycles. The third kappa shape index (κ3) is 4.50. The fourth-order valence-corrected chi connectivity index (χ4v) is 2.38. The van der Waals surface area contributed by atoms with Crippen LogP contribution in [0.25, 0.3) is 0 Å². The van der Waals surface area contributed by atoms with Crippen molar-refractivity contribution in [1.82, 2.24) is 0 Å². The molecule has 102 valence electrons. The molecule has 4 heteroatoms. The van der Waals surface area contributed by atoms with Gasteiger partial charge in [0.2, 0.25) is 0 Å². The SMILES string of the molecule is CC.COCOc1cc(Br)cc(N2CCCC2)c1. The molecule has 0 saturated carbocycles. The molecule has 0 atom stereocenters. The van der Waals surface area contributed by atoms with Crippen LogP contribution >= 0.6 is 15.9 Å². The van der Waals surface area contributed by atoms with Crippen LogP contribution in [0.15, 0.2) is 22.7 Å². The lowest BCUT2D eigenvalue weighted by molar-refractivity contribution is 0.0511. The minimum absolute atomic E-state index is 0.288. The summed E-state index contributed by atoms with van der Waals surface area (Å²) in [6, 6.07) is 6.15. The highest BCUT2D eigenvalue weighted by molar-refractivity contribution is 9.10. The lowest BCUT2D eigenvalue weighted by Crippen LogP contribution is -2.17. The molecule has 1 aliphatic rings. The number of hydrogen-bond donors (Lipinski definition) is 0. The van der Waals surface area contributed by atoms with E-state index in [0.29, 0.717) is 0 Å². The number of nitrogens with zero attached hydrogens (tertiary/aromatic N) is 1. The van der Waals surface area contributed by atoms with Crippen LogP contribution in [0, 0.1) is 0 Å². The van der Waals surface area contributed by atoms with E-state index in [1.165, 1.54) is 18.5 Å². The quantitative estimate of drug-likeness (QED) is 0.782. The molecule has 3 nitrogen and oxygen atoms in total. The van der Waals surface area contributed by atoms with Gasteiger partial charge in [-0.05, 0) is 25.0 Å². The van der Waals surface area contributed by atoms with E-state index in [1.807, 2.05) is 19.9 Å². The van der Waals surface area contributed by atoms with Gasteiger partial charge in [0.25, 0.3) is 0 Å². The number of hydrogen-bond acceptors (Lipinski definition) is 3. The predicted molar refractivity (Wildman–Crippen MR) is 79.4 cm³/mol. The van der Waals surface area contributed by atoms with Crippen LogP contribution in [0.5, 0.6) is 5.75 Å². The average Bonchev–Trinajstić information content (AvgIpc) is 2.92. The molecule has 1 saturated heterocycles. The van der Waals surface area contributed by atoms with Crippen molar-refractivity contribution in [3.05, 3.63) is 22.7 Å². The molecular formula is C14H22BrNO2. The summed E-state index contributed by atoms with van der Waals surface area (Å²) in [5.74, 6) is 0.845. The Bertz CT molecular complexity index is 352. The van der Waals surface area contributed by atoms with Crippen molar-refractivity contribution in [2.45, 2.75) is 26.7 Å². The fourth-order valence-electron chi connectivity index (χ4n) is 1.92. The Labute approximate surface area is 118 Å². The smallest absolute Gasteiger partial charge is 0.188 e. The van der Waals surface area contributed by atoms with Gasteiger partial charge >= 0.3 is 0 Å². The second-order valence-electron chi connectivity index (χ2n) is 3.89. The largest absolute Gasteiger partial charge is 0.467 e. The number of methoxy groups -OCH3 is 1. The van der Waals surface area contributed by atoms with Crippen molar-refractivity contribution in [3.63, 3.8) is 0 Å². The molecule has 0 unspecified atom stereocenters. The van der Waals surface area contributed by atoms with E-state index in [-0.39, 0.29) is 6.79 Å². The summed E-state index contributed by atoms with van der Waals surface area (Å²) in [6.45, 7) is 6.57. The standard InChI is InChI=1S/C12H16BrNO2.C2H6/c1-15-9-16-12-7-10(13)6-11(8-12)14-4-2-3-5-14;1-2/h6-8H,2-5,9H2,1H3;1-2H3. The van der Waals surface area contributed by atoms with Gasteiger partial charge in [0.1, 0.15) is 5.75 Å². The maximum atomic E-state index is 5.46. The van der Waals surface area contributed by atoms with Crippen molar-refractivity contribution in [1.29, 1.82) is 0 Å². The van der Waals surface area contributed by atoms with E-state index in [9.17, 15) is 0 Å². The van der Waals surface area contributed by atoms with Crippen molar-refractivity contribution < 1.29 is 9.47 Å². The normalized spacial score (nSPS) is 14.1. The van der Waals surface area contributed by atoms with Crippen molar-refractivity contribution in [3.8, 4) is 5.75 Å². The van der Waals surface area contributed by atoms with Gasteiger partial charge < -0.3 is 14.4 Å². The first-order valence-electron chi connectivity index (χ1n) is 6.47. The van der Waals surface area contributed by atoms with Gasteiger partial charge in [-0.2, -0.15) is 0 Å². The van der Waals surface area contributed by atoms with E-state index >= 15 is 0 Å². The molecule has 0 radical (unpaired) electrons.